The van der Waals surface area contributed by atoms with Crippen molar-refractivity contribution in [2.24, 2.45) is 5.73 Å². The van der Waals surface area contributed by atoms with Crippen molar-refractivity contribution in [3.05, 3.63) is 53.5 Å². The van der Waals surface area contributed by atoms with E-state index in [0.29, 0.717) is 13.1 Å². The fraction of sp³-hybridized carbons (Fsp3) is 0.263. The molecule has 0 aliphatic carbocycles. The summed E-state index contributed by atoms with van der Waals surface area (Å²) < 4.78 is 4.89. The molecular weight excluding hydrogens is 376 g/mol. The zero-order valence-electron chi connectivity index (χ0n) is 15.4. The molecule has 0 radical (unpaired) electrons. The maximum Gasteiger partial charge on any atom is 0.291 e. The molecular formula is C19H18N6O4. The number of fused-ring (bicyclic) bond motifs is 1. The van der Waals surface area contributed by atoms with E-state index in [1.165, 1.54) is 11.8 Å². The van der Waals surface area contributed by atoms with E-state index >= 15 is 0 Å². The minimum absolute atomic E-state index is 0.0427. The zero-order valence-corrected chi connectivity index (χ0v) is 15.4. The van der Waals surface area contributed by atoms with Crippen molar-refractivity contribution in [1.29, 1.82) is 0 Å². The van der Waals surface area contributed by atoms with Gasteiger partial charge in [0.25, 0.3) is 23.3 Å². The van der Waals surface area contributed by atoms with Gasteiger partial charge < -0.3 is 15.2 Å². The van der Waals surface area contributed by atoms with Gasteiger partial charge in [-0.25, -0.2) is 9.97 Å². The SMILES string of the molecule is NC(=O)C(=O)c1noc2ncc(C(=O)N3CCN(Cc4ccccc4)CC3)nc12. The number of nitrogens with zero attached hydrogens (tertiary/aromatic N) is 5. The lowest BCUT2D eigenvalue weighted by atomic mass is 10.2. The maximum atomic E-state index is 12.8. The van der Waals surface area contributed by atoms with Gasteiger partial charge in [0.15, 0.2) is 11.2 Å². The highest BCUT2D eigenvalue weighted by atomic mass is 16.5. The number of aromatic nitrogens is 3. The van der Waals surface area contributed by atoms with Crippen LogP contribution in [-0.4, -0.2) is 68.7 Å². The van der Waals surface area contributed by atoms with Crippen LogP contribution in [0, 0.1) is 0 Å². The average Bonchev–Trinajstić information content (AvgIpc) is 3.17. The van der Waals surface area contributed by atoms with Crippen LogP contribution in [0.2, 0.25) is 0 Å². The minimum Gasteiger partial charge on any atom is -0.363 e. The van der Waals surface area contributed by atoms with Gasteiger partial charge in [0.1, 0.15) is 5.69 Å². The van der Waals surface area contributed by atoms with Crippen LogP contribution in [0.4, 0.5) is 0 Å². The maximum absolute atomic E-state index is 12.8. The van der Waals surface area contributed by atoms with Gasteiger partial charge in [-0.2, -0.15) is 0 Å². The summed E-state index contributed by atoms with van der Waals surface area (Å²) in [4.78, 5) is 47.9. The summed E-state index contributed by atoms with van der Waals surface area (Å²) in [6, 6.07) is 10.1. The number of amides is 2. The Morgan fingerprint density at radius 2 is 1.79 bits per heavy atom. The Balaban J connectivity index is 1.46. The molecule has 2 aromatic heterocycles. The molecule has 29 heavy (non-hydrogen) atoms. The molecule has 0 spiro atoms. The number of hydrogen-bond acceptors (Lipinski definition) is 8. The van der Waals surface area contributed by atoms with Crippen LogP contribution in [0.15, 0.2) is 41.1 Å². The molecule has 3 aromatic rings. The molecule has 0 saturated carbocycles. The van der Waals surface area contributed by atoms with Gasteiger partial charge in [-0.15, -0.1) is 0 Å². The number of Topliss-reactive ketones (excluding diaryl/α,β-unsaturated/α-hetero) is 1. The first-order valence-corrected chi connectivity index (χ1v) is 9.05. The monoisotopic (exact) mass is 394 g/mol. The van der Waals surface area contributed by atoms with E-state index in [0.717, 1.165) is 19.6 Å². The van der Waals surface area contributed by atoms with Gasteiger partial charge in [-0.1, -0.05) is 35.5 Å². The first-order chi connectivity index (χ1) is 14.0. The summed E-state index contributed by atoms with van der Waals surface area (Å²) in [7, 11) is 0. The normalized spacial score (nSPS) is 14.8. The zero-order chi connectivity index (χ0) is 20.4. The Bertz CT molecular complexity index is 1070. The van der Waals surface area contributed by atoms with Gasteiger partial charge in [-0.05, 0) is 5.56 Å². The smallest absolute Gasteiger partial charge is 0.291 e. The Morgan fingerprint density at radius 3 is 2.48 bits per heavy atom. The molecule has 1 saturated heterocycles. The van der Waals surface area contributed by atoms with E-state index < -0.39 is 11.7 Å². The van der Waals surface area contributed by atoms with Crippen LogP contribution in [0.3, 0.4) is 0 Å². The molecule has 10 nitrogen and oxygen atoms in total. The topological polar surface area (TPSA) is 136 Å². The van der Waals surface area contributed by atoms with Gasteiger partial charge in [0.05, 0.1) is 6.20 Å². The second-order valence-electron chi connectivity index (χ2n) is 6.69. The second kappa shape index (κ2) is 7.76. The first kappa shape index (κ1) is 18.7. The number of ketones is 1. The Kier molecular flexibility index (Phi) is 5.00. The van der Waals surface area contributed by atoms with Crippen LogP contribution in [-0.2, 0) is 11.3 Å². The minimum atomic E-state index is -1.19. The van der Waals surface area contributed by atoms with Gasteiger partial charge in [0, 0.05) is 32.7 Å². The van der Waals surface area contributed by atoms with Crippen molar-refractivity contribution in [2.45, 2.75) is 6.54 Å². The van der Waals surface area contributed by atoms with E-state index in [1.807, 2.05) is 18.2 Å². The van der Waals surface area contributed by atoms with E-state index in [9.17, 15) is 14.4 Å². The summed E-state index contributed by atoms with van der Waals surface area (Å²) in [5, 5.41) is 3.50. The Morgan fingerprint density at radius 1 is 1.07 bits per heavy atom. The second-order valence-corrected chi connectivity index (χ2v) is 6.69. The fourth-order valence-electron chi connectivity index (χ4n) is 3.21. The van der Waals surface area contributed by atoms with Gasteiger partial charge in [-0.3, -0.25) is 19.3 Å². The quantitative estimate of drug-likeness (QED) is 0.480. The third-order valence-corrected chi connectivity index (χ3v) is 4.75. The fourth-order valence-corrected chi connectivity index (χ4v) is 3.21. The van der Waals surface area contributed by atoms with Crippen LogP contribution >= 0.6 is 0 Å². The van der Waals surface area contributed by atoms with E-state index in [1.54, 1.807) is 4.90 Å². The number of carbonyl (C=O) groups excluding carboxylic acids is 3. The van der Waals surface area contributed by atoms with Crippen LogP contribution in [0.25, 0.3) is 11.2 Å². The summed E-state index contributed by atoms with van der Waals surface area (Å²) in [5.74, 6) is -2.54. The third-order valence-electron chi connectivity index (χ3n) is 4.75. The lowest BCUT2D eigenvalue weighted by molar-refractivity contribution is -0.114. The van der Waals surface area contributed by atoms with Gasteiger partial charge >= 0.3 is 0 Å². The van der Waals surface area contributed by atoms with Crippen LogP contribution in [0.5, 0.6) is 0 Å². The molecule has 2 N–H and O–H groups in total. The summed E-state index contributed by atoms with van der Waals surface area (Å²) in [6.45, 7) is 3.38. The summed E-state index contributed by atoms with van der Waals surface area (Å²) >= 11 is 0. The van der Waals surface area contributed by atoms with E-state index in [-0.39, 0.29) is 28.5 Å². The third kappa shape index (κ3) is 3.83. The van der Waals surface area contributed by atoms with Crippen LogP contribution < -0.4 is 5.73 Å². The molecule has 1 fully saturated rings. The molecule has 0 unspecified atom stereocenters. The predicted molar refractivity (Wildman–Crippen MR) is 101 cm³/mol. The summed E-state index contributed by atoms with van der Waals surface area (Å²) in [6.07, 6.45) is 1.27. The van der Waals surface area contributed by atoms with E-state index in [2.05, 4.69) is 32.2 Å². The lowest BCUT2D eigenvalue weighted by Gasteiger charge is -2.34. The molecule has 1 aromatic carbocycles. The Labute approximate surface area is 165 Å². The largest absolute Gasteiger partial charge is 0.363 e. The van der Waals surface area contributed by atoms with Crippen molar-refractivity contribution in [1.82, 2.24) is 24.9 Å². The van der Waals surface area contributed by atoms with Crippen molar-refractivity contribution < 1.29 is 18.9 Å². The van der Waals surface area contributed by atoms with Gasteiger partial charge in [0.2, 0.25) is 0 Å². The lowest BCUT2D eigenvalue weighted by Crippen LogP contribution is -2.48. The molecule has 1 aliphatic rings. The molecule has 0 bridgehead atoms. The number of primary amides is 1. The first-order valence-electron chi connectivity index (χ1n) is 9.05. The number of hydrogen-bond donors (Lipinski definition) is 1. The number of carbonyl (C=O) groups is 3. The molecule has 2 amide bonds. The standard InChI is InChI=1S/C19H18N6O4/c20-17(27)16(26)14-15-18(29-23-14)21-10-13(22-15)19(28)25-8-6-24(7-9-25)11-12-4-2-1-3-5-12/h1-5,10H,6-9,11H2,(H2,20,27). The molecule has 4 rings (SSSR count). The summed E-state index contributed by atoms with van der Waals surface area (Å²) in [5.41, 5.74) is 5.84. The van der Waals surface area contributed by atoms with Crippen molar-refractivity contribution in [3.63, 3.8) is 0 Å². The number of nitrogens with two attached hydrogens (primary N) is 1. The van der Waals surface area contributed by atoms with Crippen LogP contribution in [0.1, 0.15) is 26.5 Å². The van der Waals surface area contributed by atoms with Crippen molar-refractivity contribution >= 4 is 28.8 Å². The molecule has 1 aliphatic heterocycles. The number of rotatable bonds is 5. The van der Waals surface area contributed by atoms with Crippen molar-refractivity contribution in [3.8, 4) is 0 Å². The number of piperazine rings is 1. The molecule has 3 heterocycles. The van der Waals surface area contributed by atoms with E-state index in [4.69, 9.17) is 10.3 Å². The highest BCUT2D eigenvalue weighted by Gasteiger charge is 2.27. The molecule has 0 atom stereocenters. The highest BCUT2D eigenvalue weighted by Crippen LogP contribution is 2.16. The molecule has 10 heteroatoms. The highest BCUT2D eigenvalue weighted by molar-refractivity contribution is 6.43. The van der Waals surface area contributed by atoms with Crippen molar-refractivity contribution in [2.75, 3.05) is 26.2 Å². The number of benzene rings is 1. The predicted octanol–water partition coefficient (Wildman–Crippen LogP) is 0.244. The average molecular weight is 394 g/mol. The molecule has 148 valence electrons. The Hall–Kier alpha value is -3.66.